The first kappa shape index (κ1) is 13.7. The van der Waals surface area contributed by atoms with Gasteiger partial charge in [-0.3, -0.25) is 0 Å². The van der Waals surface area contributed by atoms with E-state index in [4.69, 9.17) is 5.11 Å². The Morgan fingerprint density at radius 1 is 1.47 bits per heavy atom. The molecule has 1 rings (SSSR count). The van der Waals surface area contributed by atoms with Crippen molar-refractivity contribution < 1.29 is 27.8 Å². The summed E-state index contributed by atoms with van der Waals surface area (Å²) in [5.41, 5.74) is -0.246. The van der Waals surface area contributed by atoms with Crippen LogP contribution in [0.2, 0.25) is 0 Å². The van der Waals surface area contributed by atoms with Gasteiger partial charge in [0.1, 0.15) is 11.3 Å². The minimum atomic E-state index is -4.49. The Hall–Kier alpha value is -1.37. The largest absolute Gasteiger partial charge is 0.483 e. The van der Waals surface area contributed by atoms with E-state index < -0.39 is 18.8 Å². The number of thioether (sulfide) groups is 1. The Morgan fingerprint density at radius 3 is 2.59 bits per heavy atom. The molecule has 0 atom stereocenters. The molecule has 1 aromatic carbocycles. The van der Waals surface area contributed by atoms with Crippen LogP contribution in [0.1, 0.15) is 10.4 Å². The van der Waals surface area contributed by atoms with Gasteiger partial charge in [0.05, 0.1) is 0 Å². The fourth-order valence-electron chi connectivity index (χ4n) is 1.17. The van der Waals surface area contributed by atoms with Crippen molar-refractivity contribution in [1.82, 2.24) is 0 Å². The summed E-state index contributed by atoms with van der Waals surface area (Å²) in [7, 11) is 0. The molecule has 0 fully saturated rings. The lowest BCUT2D eigenvalue weighted by Gasteiger charge is -2.13. The summed E-state index contributed by atoms with van der Waals surface area (Å²) in [5, 5.41) is 8.93. The third-order valence-electron chi connectivity index (χ3n) is 1.81. The molecule has 0 aromatic heterocycles. The average Bonchev–Trinajstić information content (AvgIpc) is 2.24. The molecule has 17 heavy (non-hydrogen) atoms. The first-order chi connectivity index (χ1) is 7.85. The highest BCUT2D eigenvalue weighted by atomic mass is 32.2. The SMILES string of the molecule is CSc1cccc(OCC(F)(F)F)c1C(=O)O. The molecule has 0 aliphatic rings. The van der Waals surface area contributed by atoms with Crippen molar-refractivity contribution in [3.05, 3.63) is 23.8 Å². The normalized spacial score (nSPS) is 11.3. The number of ether oxygens (including phenoxy) is 1. The zero-order valence-corrected chi connectivity index (χ0v) is 9.56. The highest BCUT2D eigenvalue weighted by Gasteiger charge is 2.29. The molecule has 0 aliphatic heterocycles. The number of hydrogen-bond acceptors (Lipinski definition) is 3. The summed E-state index contributed by atoms with van der Waals surface area (Å²) in [6.07, 6.45) is -2.86. The number of alkyl halides is 3. The van der Waals surface area contributed by atoms with E-state index in [0.717, 1.165) is 11.8 Å². The van der Waals surface area contributed by atoms with E-state index in [1.165, 1.54) is 18.2 Å². The molecule has 0 amide bonds. The molecule has 0 saturated carbocycles. The minimum Gasteiger partial charge on any atom is -0.483 e. The fourth-order valence-corrected chi connectivity index (χ4v) is 1.78. The van der Waals surface area contributed by atoms with Gasteiger partial charge in [-0.25, -0.2) is 4.79 Å². The van der Waals surface area contributed by atoms with Gasteiger partial charge in [0, 0.05) is 4.90 Å². The molecule has 0 unspecified atom stereocenters. The van der Waals surface area contributed by atoms with Crippen LogP contribution >= 0.6 is 11.8 Å². The summed E-state index contributed by atoms with van der Waals surface area (Å²) in [4.78, 5) is 11.3. The van der Waals surface area contributed by atoms with E-state index in [1.807, 2.05) is 0 Å². The molecule has 3 nitrogen and oxygen atoms in total. The molecule has 0 spiro atoms. The second-order valence-electron chi connectivity index (χ2n) is 3.04. The maximum atomic E-state index is 12.0. The van der Waals surface area contributed by atoms with Crippen molar-refractivity contribution in [2.45, 2.75) is 11.1 Å². The van der Waals surface area contributed by atoms with Crippen LogP contribution in [0.4, 0.5) is 13.2 Å². The maximum Gasteiger partial charge on any atom is 0.422 e. The zero-order valence-electron chi connectivity index (χ0n) is 8.75. The number of rotatable bonds is 4. The summed E-state index contributed by atoms with van der Waals surface area (Å²) in [6.45, 7) is -1.51. The van der Waals surface area contributed by atoms with E-state index >= 15 is 0 Å². The van der Waals surface area contributed by atoms with Crippen LogP contribution in [-0.4, -0.2) is 30.1 Å². The number of hydrogen-bond donors (Lipinski definition) is 1. The fraction of sp³-hybridized carbons (Fsp3) is 0.300. The monoisotopic (exact) mass is 266 g/mol. The van der Waals surface area contributed by atoms with Gasteiger partial charge in [-0.05, 0) is 18.4 Å². The van der Waals surface area contributed by atoms with Crippen LogP contribution < -0.4 is 4.74 Å². The van der Waals surface area contributed by atoms with Gasteiger partial charge in [0.15, 0.2) is 6.61 Å². The van der Waals surface area contributed by atoms with Gasteiger partial charge in [-0.2, -0.15) is 13.2 Å². The van der Waals surface area contributed by atoms with E-state index in [-0.39, 0.29) is 11.3 Å². The van der Waals surface area contributed by atoms with Gasteiger partial charge in [0.25, 0.3) is 0 Å². The molecular formula is C10H9F3O3S. The van der Waals surface area contributed by atoms with Crippen molar-refractivity contribution in [3.8, 4) is 5.75 Å². The predicted molar refractivity (Wildman–Crippen MR) is 56.7 cm³/mol. The van der Waals surface area contributed by atoms with Crippen LogP contribution in [0.5, 0.6) is 5.75 Å². The molecule has 1 aromatic rings. The quantitative estimate of drug-likeness (QED) is 0.851. The Bertz CT molecular complexity index is 418. The highest BCUT2D eigenvalue weighted by Crippen LogP contribution is 2.30. The number of benzene rings is 1. The number of halogens is 3. The van der Waals surface area contributed by atoms with Crippen LogP contribution in [-0.2, 0) is 0 Å². The Balaban J connectivity index is 3.02. The van der Waals surface area contributed by atoms with Gasteiger partial charge < -0.3 is 9.84 Å². The predicted octanol–water partition coefficient (Wildman–Crippen LogP) is 3.05. The molecule has 0 radical (unpaired) electrons. The highest BCUT2D eigenvalue weighted by molar-refractivity contribution is 7.98. The van der Waals surface area contributed by atoms with Crippen molar-refractivity contribution in [1.29, 1.82) is 0 Å². The van der Waals surface area contributed by atoms with E-state index in [0.29, 0.717) is 4.90 Å². The molecule has 0 aliphatic carbocycles. The third-order valence-corrected chi connectivity index (χ3v) is 2.59. The Labute approximate surface area is 99.6 Å². The van der Waals surface area contributed by atoms with E-state index in [2.05, 4.69) is 4.74 Å². The Morgan fingerprint density at radius 2 is 2.12 bits per heavy atom. The first-order valence-corrected chi connectivity index (χ1v) is 5.67. The van der Waals surface area contributed by atoms with Gasteiger partial charge in [-0.15, -0.1) is 11.8 Å². The summed E-state index contributed by atoms with van der Waals surface area (Å²) >= 11 is 1.13. The lowest BCUT2D eigenvalue weighted by molar-refractivity contribution is -0.153. The maximum absolute atomic E-state index is 12.0. The number of carbonyl (C=O) groups is 1. The van der Waals surface area contributed by atoms with Gasteiger partial charge >= 0.3 is 12.1 Å². The second-order valence-corrected chi connectivity index (χ2v) is 3.89. The molecule has 0 bridgehead atoms. The summed E-state index contributed by atoms with van der Waals surface area (Å²) in [5.74, 6) is -1.59. The average molecular weight is 266 g/mol. The van der Waals surface area contributed by atoms with Gasteiger partial charge in [0.2, 0.25) is 0 Å². The van der Waals surface area contributed by atoms with Crippen LogP contribution in [0.25, 0.3) is 0 Å². The number of aromatic carboxylic acids is 1. The van der Waals surface area contributed by atoms with Crippen molar-refractivity contribution in [3.63, 3.8) is 0 Å². The Kier molecular flexibility index (Phi) is 4.28. The molecular weight excluding hydrogens is 257 g/mol. The topological polar surface area (TPSA) is 46.5 Å². The number of carboxylic acid groups (broad SMARTS) is 1. The standard InChI is InChI=1S/C10H9F3O3S/c1-17-7-4-2-3-6(8(7)9(14)15)16-5-10(11,12)13/h2-4H,5H2,1H3,(H,14,15). The zero-order chi connectivity index (χ0) is 13.1. The summed E-state index contributed by atoms with van der Waals surface area (Å²) < 4.78 is 40.4. The molecule has 0 saturated heterocycles. The van der Waals surface area contributed by atoms with E-state index in [1.54, 1.807) is 6.26 Å². The van der Waals surface area contributed by atoms with Crippen molar-refractivity contribution in [2.75, 3.05) is 12.9 Å². The van der Waals surface area contributed by atoms with Crippen LogP contribution in [0.15, 0.2) is 23.1 Å². The third kappa shape index (κ3) is 3.85. The minimum absolute atomic E-state index is 0.246. The van der Waals surface area contributed by atoms with E-state index in [9.17, 15) is 18.0 Å². The lowest BCUT2D eigenvalue weighted by atomic mass is 10.2. The first-order valence-electron chi connectivity index (χ1n) is 4.45. The van der Waals surface area contributed by atoms with Crippen molar-refractivity contribution >= 4 is 17.7 Å². The molecule has 94 valence electrons. The van der Waals surface area contributed by atoms with Crippen molar-refractivity contribution in [2.24, 2.45) is 0 Å². The van der Waals surface area contributed by atoms with Crippen LogP contribution in [0.3, 0.4) is 0 Å². The van der Waals surface area contributed by atoms with Gasteiger partial charge in [-0.1, -0.05) is 6.07 Å². The lowest BCUT2D eigenvalue weighted by Crippen LogP contribution is -2.20. The smallest absolute Gasteiger partial charge is 0.422 e. The number of carboxylic acids is 1. The summed E-state index contributed by atoms with van der Waals surface area (Å²) in [6, 6.07) is 4.16. The molecule has 7 heteroatoms. The second kappa shape index (κ2) is 5.31. The molecule has 0 heterocycles. The molecule has 1 N–H and O–H groups in total. The van der Waals surface area contributed by atoms with Crippen LogP contribution in [0, 0.1) is 0 Å².